The predicted molar refractivity (Wildman–Crippen MR) is 74.9 cm³/mol. The monoisotopic (exact) mass is 248 g/mol. The van der Waals surface area contributed by atoms with Crippen molar-refractivity contribution in [1.29, 1.82) is 0 Å². The highest BCUT2D eigenvalue weighted by Crippen LogP contribution is 2.21. The molecule has 0 aliphatic heterocycles. The second-order valence-electron chi connectivity index (χ2n) is 5.32. The maximum Gasteiger partial charge on any atom is 0.223 e. The molecule has 18 heavy (non-hydrogen) atoms. The highest BCUT2D eigenvalue weighted by atomic mass is 15.2. The molecule has 1 aliphatic carbocycles. The van der Waals surface area contributed by atoms with E-state index in [2.05, 4.69) is 27.2 Å². The maximum atomic E-state index is 4.39. The van der Waals surface area contributed by atoms with Gasteiger partial charge in [0.05, 0.1) is 0 Å². The Morgan fingerprint density at radius 3 is 2.44 bits per heavy atom. The van der Waals surface area contributed by atoms with E-state index in [9.17, 15) is 0 Å². The summed E-state index contributed by atoms with van der Waals surface area (Å²) in [6.45, 7) is 5.98. The number of hydrogen-bond donors (Lipinski definition) is 1. The highest BCUT2D eigenvalue weighted by molar-refractivity contribution is 5.27. The van der Waals surface area contributed by atoms with Crippen LogP contribution in [0.25, 0.3) is 0 Å². The molecule has 1 saturated carbocycles. The molecule has 0 spiro atoms. The fourth-order valence-electron chi connectivity index (χ4n) is 2.68. The Morgan fingerprint density at radius 2 is 1.83 bits per heavy atom. The van der Waals surface area contributed by atoms with E-state index in [0.717, 1.165) is 36.5 Å². The summed E-state index contributed by atoms with van der Waals surface area (Å²) < 4.78 is 0. The van der Waals surface area contributed by atoms with E-state index < -0.39 is 0 Å². The number of likely N-dealkylation sites (N-methyl/N-ethyl adjacent to an activating group) is 1. The van der Waals surface area contributed by atoms with Crippen molar-refractivity contribution < 1.29 is 0 Å². The summed E-state index contributed by atoms with van der Waals surface area (Å²) in [5, 5.41) is 3.32. The van der Waals surface area contributed by atoms with Crippen molar-refractivity contribution in [2.45, 2.75) is 45.6 Å². The minimum atomic E-state index is 0.757. The normalized spacial score (nSPS) is 16.4. The van der Waals surface area contributed by atoms with Crippen LogP contribution in [-0.2, 0) is 0 Å². The number of nitrogens with zero attached hydrogens (tertiary/aromatic N) is 3. The van der Waals surface area contributed by atoms with Gasteiger partial charge in [-0.05, 0) is 39.8 Å². The van der Waals surface area contributed by atoms with E-state index in [1.165, 1.54) is 25.7 Å². The number of aromatic nitrogens is 2. The molecule has 1 N–H and O–H groups in total. The third kappa shape index (κ3) is 3.67. The van der Waals surface area contributed by atoms with Gasteiger partial charge < -0.3 is 10.2 Å². The summed E-state index contributed by atoms with van der Waals surface area (Å²) in [7, 11) is 2.22. The van der Waals surface area contributed by atoms with E-state index in [1.54, 1.807) is 0 Å². The molecule has 4 nitrogen and oxygen atoms in total. The van der Waals surface area contributed by atoms with Crippen LogP contribution in [-0.4, -0.2) is 41.0 Å². The molecule has 0 aromatic carbocycles. The summed E-state index contributed by atoms with van der Waals surface area (Å²) in [6, 6.07) is 2.78. The Morgan fingerprint density at radius 1 is 1.22 bits per heavy atom. The van der Waals surface area contributed by atoms with Gasteiger partial charge in [0.2, 0.25) is 5.95 Å². The summed E-state index contributed by atoms with van der Waals surface area (Å²) in [4.78, 5) is 11.2. The van der Waals surface area contributed by atoms with E-state index in [-0.39, 0.29) is 0 Å². The molecule has 4 heteroatoms. The zero-order chi connectivity index (χ0) is 13.0. The zero-order valence-corrected chi connectivity index (χ0v) is 11.7. The van der Waals surface area contributed by atoms with E-state index in [0.29, 0.717) is 0 Å². The Hall–Kier alpha value is -1.16. The van der Waals surface area contributed by atoms with Crippen LogP contribution >= 0.6 is 0 Å². The molecule has 0 amide bonds. The lowest BCUT2D eigenvalue weighted by atomic mass is 10.2. The van der Waals surface area contributed by atoms with Crippen molar-refractivity contribution >= 4 is 5.95 Å². The van der Waals surface area contributed by atoms with Crippen LogP contribution < -0.4 is 5.32 Å². The minimum absolute atomic E-state index is 0.757. The fourth-order valence-corrected chi connectivity index (χ4v) is 2.68. The molecular formula is C14H24N4. The van der Waals surface area contributed by atoms with Gasteiger partial charge in [0.25, 0.3) is 0 Å². The molecular weight excluding hydrogens is 224 g/mol. The van der Waals surface area contributed by atoms with Gasteiger partial charge in [-0.25, -0.2) is 9.97 Å². The third-order valence-electron chi connectivity index (χ3n) is 3.68. The SMILES string of the molecule is Cc1cc(C)nc(NCCN(C)C2CCCC2)n1. The summed E-state index contributed by atoms with van der Waals surface area (Å²) in [5.41, 5.74) is 2.04. The number of hydrogen-bond acceptors (Lipinski definition) is 4. The fraction of sp³-hybridized carbons (Fsp3) is 0.714. The van der Waals surface area contributed by atoms with Gasteiger partial charge in [-0.15, -0.1) is 0 Å². The molecule has 1 aromatic rings. The van der Waals surface area contributed by atoms with E-state index in [4.69, 9.17) is 0 Å². The number of aryl methyl sites for hydroxylation is 2. The largest absolute Gasteiger partial charge is 0.353 e. The lowest BCUT2D eigenvalue weighted by Gasteiger charge is -2.23. The van der Waals surface area contributed by atoms with Gasteiger partial charge in [-0.1, -0.05) is 12.8 Å². The maximum absolute atomic E-state index is 4.39. The van der Waals surface area contributed by atoms with Crippen molar-refractivity contribution in [3.8, 4) is 0 Å². The number of anilines is 1. The average molecular weight is 248 g/mol. The molecule has 0 unspecified atom stereocenters. The Kier molecular flexibility index (Phi) is 4.53. The van der Waals surface area contributed by atoms with Crippen molar-refractivity contribution in [2.24, 2.45) is 0 Å². The first-order valence-electron chi connectivity index (χ1n) is 6.91. The molecule has 100 valence electrons. The Balaban J connectivity index is 1.77. The minimum Gasteiger partial charge on any atom is -0.353 e. The molecule has 1 fully saturated rings. The first kappa shape index (κ1) is 13.3. The van der Waals surface area contributed by atoms with Gasteiger partial charge in [0.15, 0.2) is 0 Å². The first-order chi connectivity index (χ1) is 8.65. The smallest absolute Gasteiger partial charge is 0.223 e. The lowest BCUT2D eigenvalue weighted by Crippen LogP contribution is -2.33. The van der Waals surface area contributed by atoms with Crippen LogP contribution in [0.4, 0.5) is 5.95 Å². The van der Waals surface area contributed by atoms with Gasteiger partial charge in [-0.2, -0.15) is 0 Å². The van der Waals surface area contributed by atoms with Crippen molar-refractivity contribution in [2.75, 3.05) is 25.5 Å². The lowest BCUT2D eigenvalue weighted by molar-refractivity contribution is 0.254. The van der Waals surface area contributed by atoms with Crippen LogP contribution in [0.1, 0.15) is 37.1 Å². The molecule has 1 aromatic heterocycles. The van der Waals surface area contributed by atoms with Crippen molar-refractivity contribution in [3.05, 3.63) is 17.5 Å². The molecule has 0 radical (unpaired) electrons. The Labute approximate surface area is 110 Å². The van der Waals surface area contributed by atoms with Crippen LogP contribution in [0.15, 0.2) is 6.07 Å². The van der Waals surface area contributed by atoms with Gasteiger partial charge in [0, 0.05) is 30.5 Å². The predicted octanol–water partition coefficient (Wildman–Crippen LogP) is 2.38. The quantitative estimate of drug-likeness (QED) is 0.868. The van der Waals surface area contributed by atoms with E-state index >= 15 is 0 Å². The van der Waals surface area contributed by atoms with Crippen LogP contribution in [0, 0.1) is 13.8 Å². The van der Waals surface area contributed by atoms with Crippen molar-refractivity contribution in [3.63, 3.8) is 0 Å². The Bertz CT molecular complexity index is 365. The second kappa shape index (κ2) is 6.14. The standard InChI is InChI=1S/C14H24N4/c1-11-10-12(2)17-14(16-11)15-8-9-18(3)13-6-4-5-7-13/h10,13H,4-9H2,1-3H3,(H,15,16,17). The average Bonchev–Trinajstić information content (AvgIpc) is 2.80. The van der Waals surface area contributed by atoms with Crippen LogP contribution in [0.5, 0.6) is 0 Å². The second-order valence-corrected chi connectivity index (χ2v) is 5.32. The summed E-state index contributed by atoms with van der Waals surface area (Å²) in [5.74, 6) is 0.757. The molecule has 0 saturated heterocycles. The van der Waals surface area contributed by atoms with Gasteiger partial charge in [-0.3, -0.25) is 0 Å². The zero-order valence-electron chi connectivity index (χ0n) is 11.7. The first-order valence-corrected chi connectivity index (χ1v) is 6.91. The third-order valence-corrected chi connectivity index (χ3v) is 3.68. The summed E-state index contributed by atoms with van der Waals surface area (Å²) >= 11 is 0. The highest BCUT2D eigenvalue weighted by Gasteiger charge is 2.18. The van der Waals surface area contributed by atoms with Crippen molar-refractivity contribution in [1.82, 2.24) is 14.9 Å². The molecule has 2 rings (SSSR count). The van der Waals surface area contributed by atoms with Crippen LogP contribution in [0.3, 0.4) is 0 Å². The molecule has 0 bridgehead atoms. The van der Waals surface area contributed by atoms with Gasteiger partial charge >= 0.3 is 0 Å². The van der Waals surface area contributed by atoms with E-state index in [1.807, 2.05) is 19.9 Å². The number of rotatable bonds is 5. The molecule has 1 aliphatic rings. The molecule has 0 atom stereocenters. The molecule has 1 heterocycles. The number of nitrogens with one attached hydrogen (secondary N) is 1. The van der Waals surface area contributed by atoms with Gasteiger partial charge in [0.1, 0.15) is 0 Å². The van der Waals surface area contributed by atoms with Crippen LogP contribution in [0.2, 0.25) is 0 Å². The summed E-state index contributed by atoms with van der Waals surface area (Å²) in [6.07, 6.45) is 5.50. The topological polar surface area (TPSA) is 41.1 Å².